The molecule has 4 nitrogen and oxygen atoms in total. The number of pyridine rings is 1. The van der Waals surface area contributed by atoms with E-state index in [2.05, 4.69) is 25.8 Å². The molecule has 3 aromatic rings. The Morgan fingerprint density at radius 2 is 1.69 bits per heavy atom. The van der Waals surface area contributed by atoms with E-state index < -0.39 is 0 Å². The summed E-state index contributed by atoms with van der Waals surface area (Å²) in [6.45, 7) is 12.7. The van der Waals surface area contributed by atoms with Crippen molar-refractivity contribution >= 4 is 16.8 Å². The molecular weight excluding hydrogens is 360 g/mol. The summed E-state index contributed by atoms with van der Waals surface area (Å²) in [6.07, 6.45) is 0. The number of carbonyl (C=O) groups excluding carboxylic acids is 1. The number of nitrogens with zero attached hydrogens (tertiary/aromatic N) is 1. The van der Waals surface area contributed by atoms with E-state index in [1.54, 1.807) is 4.90 Å². The first-order valence-corrected chi connectivity index (χ1v) is 10.1. The monoisotopic (exact) mass is 390 g/mol. The lowest BCUT2D eigenvalue weighted by Gasteiger charge is -2.27. The number of aryl methyl sites for hydroxylation is 1. The zero-order chi connectivity index (χ0) is 21.3. The van der Waals surface area contributed by atoms with Gasteiger partial charge in [-0.15, -0.1) is 0 Å². The number of H-pyrrole nitrogens is 1. The van der Waals surface area contributed by atoms with Crippen molar-refractivity contribution in [1.29, 1.82) is 0 Å². The maximum absolute atomic E-state index is 13.2. The standard InChI is InChI=1S/C25H30N2O2/c1-16(2)27(24(29)18-8-10-21(11-9-18)25(4,5)6)15-20-14-19-13-17(3)7-12-22(19)26-23(20)28/h7-14,16H,15H2,1-6H3,(H,26,28). The van der Waals surface area contributed by atoms with Gasteiger partial charge in [0.15, 0.2) is 0 Å². The molecule has 1 amide bonds. The van der Waals surface area contributed by atoms with Crippen molar-refractivity contribution in [3.8, 4) is 0 Å². The quantitative estimate of drug-likeness (QED) is 0.667. The zero-order valence-corrected chi connectivity index (χ0v) is 18.2. The maximum atomic E-state index is 13.2. The number of nitrogens with one attached hydrogen (secondary N) is 1. The van der Waals surface area contributed by atoms with Gasteiger partial charge in [0.25, 0.3) is 11.5 Å². The molecular formula is C25H30N2O2. The molecule has 0 saturated heterocycles. The summed E-state index contributed by atoms with van der Waals surface area (Å²) in [6, 6.07) is 15.6. The summed E-state index contributed by atoms with van der Waals surface area (Å²) >= 11 is 0. The number of aromatic amines is 1. The Hall–Kier alpha value is -2.88. The lowest BCUT2D eigenvalue weighted by molar-refractivity contribution is 0.0689. The van der Waals surface area contributed by atoms with Gasteiger partial charge in [0.05, 0.1) is 6.54 Å². The van der Waals surface area contributed by atoms with Gasteiger partial charge in [0.2, 0.25) is 0 Å². The van der Waals surface area contributed by atoms with Gasteiger partial charge in [-0.1, -0.05) is 44.5 Å². The van der Waals surface area contributed by atoms with Crippen molar-refractivity contribution in [1.82, 2.24) is 9.88 Å². The number of hydrogen-bond donors (Lipinski definition) is 1. The number of amides is 1. The molecule has 152 valence electrons. The third kappa shape index (κ3) is 4.58. The minimum Gasteiger partial charge on any atom is -0.332 e. The fourth-order valence-corrected chi connectivity index (χ4v) is 3.44. The molecule has 0 fully saturated rings. The van der Waals surface area contributed by atoms with E-state index in [0.29, 0.717) is 11.1 Å². The predicted molar refractivity (Wildman–Crippen MR) is 119 cm³/mol. The Bertz CT molecular complexity index is 1090. The van der Waals surface area contributed by atoms with Crippen LogP contribution in [0.3, 0.4) is 0 Å². The van der Waals surface area contributed by atoms with Gasteiger partial charge in [-0.3, -0.25) is 9.59 Å². The molecule has 0 aliphatic rings. The highest BCUT2D eigenvalue weighted by atomic mass is 16.2. The summed E-state index contributed by atoms with van der Waals surface area (Å²) in [5.41, 5.74) is 4.25. The Morgan fingerprint density at radius 1 is 1.03 bits per heavy atom. The van der Waals surface area contributed by atoms with Crippen LogP contribution in [0.2, 0.25) is 0 Å². The summed E-state index contributed by atoms with van der Waals surface area (Å²) in [7, 11) is 0. The van der Waals surface area contributed by atoms with Crippen LogP contribution < -0.4 is 5.56 Å². The van der Waals surface area contributed by atoms with Crippen molar-refractivity contribution in [2.75, 3.05) is 0 Å². The van der Waals surface area contributed by atoms with Crippen molar-refractivity contribution in [2.24, 2.45) is 0 Å². The average molecular weight is 391 g/mol. The van der Waals surface area contributed by atoms with Gasteiger partial charge in [0.1, 0.15) is 0 Å². The van der Waals surface area contributed by atoms with Gasteiger partial charge >= 0.3 is 0 Å². The molecule has 0 unspecified atom stereocenters. The van der Waals surface area contributed by atoms with Crippen molar-refractivity contribution in [3.63, 3.8) is 0 Å². The third-order valence-corrected chi connectivity index (χ3v) is 5.30. The van der Waals surface area contributed by atoms with Gasteiger partial charge in [-0.25, -0.2) is 0 Å². The van der Waals surface area contributed by atoms with Gasteiger partial charge in [-0.2, -0.15) is 0 Å². The Balaban J connectivity index is 1.92. The molecule has 0 radical (unpaired) electrons. The fourth-order valence-electron chi connectivity index (χ4n) is 3.44. The van der Waals surface area contributed by atoms with E-state index in [1.165, 1.54) is 5.56 Å². The largest absolute Gasteiger partial charge is 0.332 e. The number of benzene rings is 2. The van der Waals surface area contributed by atoms with Gasteiger partial charge < -0.3 is 9.88 Å². The number of hydrogen-bond acceptors (Lipinski definition) is 2. The Morgan fingerprint density at radius 3 is 2.28 bits per heavy atom. The van der Waals surface area contributed by atoms with Crippen LogP contribution in [0.5, 0.6) is 0 Å². The van der Waals surface area contributed by atoms with Crippen LogP contribution in [-0.4, -0.2) is 21.8 Å². The SMILES string of the molecule is Cc1ccc2[nH]c(=O)c(CN(C(=O)c3ccc(C(C)(C)C)cc3)C(C)C)cc2c1. The predicted octanol–water partition coefficient (Wildman–Crippen LogP) is 5.18. The highest BCUT2D eigenvalue weighted by Gasteiger charge is 2.21. The summed E-state index contributed by atoms with van der Waals surface area (Å²) in [4.78, 5) is 30.5. The molecule has 3 rings (SSSR count). The molecule has 0 aliphatic carbocycles. The van der Waals surface area contributed by atoms with E-state index in [4.69, 9.17) is 0 Å². The molecule has 4 heteroatoms. The van der Waals surface area contributed by atoms with Crippen LogP contribution in [-0.2, 0) is 12.0 Å². The molecule has 1 heterocycles. The van der Waals surface area contributed by atoms with E-state index in [-0.39, 0.29) is 29.5 Å². The lowest BCUT2D eigenvalue weighted by Crippen LogP contribution is -2.38. The Labute approximate surface area is 172 Å². The summed E-state index contributed by atoms with van der Waals surface area (Å²) in [5, 5.41) is 0.977. The number of aromatic nitrogens is 1. The number of rotatable bonds is 4. The minimum absolute atomic E-state index is 0.0302. The molecule has 1 aromatic heterocycles. The van der Waals surface area contributed by atoms with Crippen LogP contribution in [0.4, 0.5) is 0 Å². The molecule has 0 spiro atoms. The van der Waals surface area contributed by atoms with Crippen LogP contribution in [0.25, 0.3) is 10.9 Å². The third-order valence-electron chi connectivity index (χ3n) is 5.30. The maximum Gasteiger partial charge on any atom is 0.254 e. The smallest absolute Gasteiger partial charge is 0.254 e. The van der Waals surface area contributed by atoms with Crippen LogP contribution >= 0.6 is 0 Å². The molecule has 0 saturated carbocycles. The normalized spacial score (nSPS) is 11.8. The van der Waals surface area contributed by atoms with Crippen molar-refractivity contribution in [2.45, 2.75) is 59.5 Å². The first kappa shape index (κ1) is 20.8. The fraction of sp³-hybridized carbons (Fsp3) is 0.360. The van der Waals surface area contributed by atoms with Gasteiger partial charge in [-0.05, 0) is 67.5 Å². The van der Waals surface area contributed by atoms with E-state index in [1.807, 2.05) is 69.3 Å². The molecule has 29 heavy (non-hydrogen) atoms. The molecule has 0 atom stereocenters. The highest BCUT2D eigenvalue weighted by Crippen LogP contribution is 2.23. The average Bonchev–Trinajstić information content (AvgIpc) is 2.65. The molecule has 0 bridgehead atoms. The lowest BCUT2D eigenvalue weighted by atomic mass is 9.86. The highest BCUT2D eigenvalue weighted by molar-refractivity contribution is 5.94. The molecule has 0 aliphatic heterocycles. The topological polar surface area (TPSA) is 53.2 Å². The zero-order valence-electron chi connectivity index (χ0n) is 18.2. The van der Waals surface area contributed by atoms with Crippen molar-refractivity contribution in [3.05, 3.63) is 81.1 Å². The number of fused-ring (bicyclic) bond motifs is 1. The van der Waals surface area contributed by atoms with E-state index in [0.717, 1.165) is 16.5 Å². The first-order chi connectivity index (χ1) is 13.6. The minimum atomic E-state index is -0.150. The molecule has 2 aromatic carbocycles. The molecule has 1 N–H and O–H groups in total. The summed E-state index contributed by atoms with van der Waals surface area (Å²) in [5.74, 6) is -0.0656. The van der Waals surface area contributed by atoms with E-state index >= 15 is 0 Å². The second-order valence-corrected chi connectivity index (χ2v) is 9.07. The number of carbonyl (C=O) groups is 1. The second-order valence-electron chi connectivity index (χ2n) is 9.07. The first-order valence-electron chi connectivity index (χ1n) is 10.1. The van der Waals surface area contributed by atoms with Crippen LogP contribution in [0.15, 0.2) is 53.3 Å². The second kappa shape index (κ2) is 7.86. The Kier molecular flexibility index (Phi) is 5.65. The van der Waals surface area contributed by atoms with Crippen LogP contribution in [0.1, 0.15) is 61.7 Å². The summed E-state index contributed by atoms with van der Waals surface area (Å²) < 4.78 is 0. The van der Waals surface area contributed by atoms with E-state index in [9.17, 15) is 9.59 Å². The van der Waals surface area contributed by atoms with Gasteiger partial charge in [0, 0.05) is 22.7 Å². The van der Waals surface area contributed by atoms with Crippen molar-refractivity contribution < 1.29 is 4.79 Å². The van der Waals surface area contributed by atoms with Crippen LogP contribution in [0, 0.1) is 6.92 Å².